The summed E-state index contributed by atoms with van der Waals surface area (Å²) in [6.07, 6.45) is 2.78. The zero-order chi connectivity index (χ0) is 13.9. The smallest absolute Gasteiger partial charge is 0.238 e. The number of hydrogen-bond acceptors (Lipinski definition) is 6. The van der Waals surface area contributed by atoms with Crippen molar-refractivity contribution in [1.29, 1.82) is 0 Å². The van der Waals surface area contributed by atoms with Crippen LogP contribution in [0.1, 0.15) is 30.7 Å². The second-order valence-electron chi connectivity index (χ2n) is 5.09. The van der Waals surface area contributed by atoms with Crippen LogP contribution in [0.2, 0.25) is 0 Å². The van der Waals surface area contributed by atoms with Crippen LogP contribution in [0.15, 0.2) is 21.3 Å². The number of aryl methyl sites for hydroxylation is 1. The second-order valence-corrected chi connectivity index (χ2v) is 6.17. The number of aromatic nitrogens is 2. The van der Waals surface area contributed by atoms with E-state index in [1.54, 1.807) is 6.26 Å². The van der Waals surface area contributed by atoms with Gasteiger partial charge in [-0.15, -0.1) is 0 Å². The van der Waals surface area contributed by atoms with Crippen LogP contribution in [0.5, 0.6) is 0 Å². The number of hydrogen-bond donors (Lipinski definition) is 1. The fourth-order valence-electron chi connectivity index (χ4n) is 2.41. The normalized spacial score (nSPS) is 22.5. The van der Waals surface area contributed by atoms with Gasteiger partial charge in [0.2, 0.25) is 11.7 Å². The molecule has 2 aromatic rings. The highest BCUT2D eigenvalue weighted by Crippen LogP contribution is 2.33. The molecule has 2 unspecified atom stereocenters. The van der Waals surface area contributed by atoms with Crippen molar-refractivity contribution in [2.45, 2.75) is 32.2 Å². The summed E-state index contributed by atoms with van der Waals surface area (Å²) in [5.74, 6) is 4.39. The summed E-state index contributed by atoms with van der Waals surface area (Å²) in [5, 5.41) is 7.63. The van der Waals surface area contributed by atoms with Crippen LogP contribution < -0.4 is 5.32 Å². The highest BCUT2D eigenvalue weighted by molar-refractivity contribution is 7.99. The first-order valence-corrected chi connectivity index (χ1v) is 8.14. The fourth-order valence-corrected chi connectivity index (χ4v) is 3.78. The minimum Gasteiger partial charge on any atom is -0.461 e. The summed E-state index contributed by atoms with van der Waals surface area (Å²) in [7, 11) is 0. The van der Waals surface area contributed by atoms with Crippen molar-refractivity contribution < 1.29 is 8.94 Å². The highest BCUT2D eigenvalue weighted by Gasteiger charge is 2.33. The third kappa shape index (κ3) is 2.62. The Labute approximate surface area is 122 Å². The van der Waals surface area contributed by atoms with Crippen LogP contribution in [-0.2, 0) is 0 Å². The number of furan rings is 1. The minimum atomic E-state index is 0.295. The Kier molecular flexibility index (Phi) is 4.12. The fraction of sp³-hybridized carbons (Fsp3) is 0.571. The van der Waals surface area contributed by atoms with Crippen molar-refractivity contribution in [3.8, 4) is 11.6 Å². The average Bonchev–Trinajstić information content (AvgIpc) is 3.15. The molecule has 0 amide bonds. The van der Waals surface area contributed by atoms with E-state index in [2.05, 4.69) is 22.4 Å². The van der Waals surface area contributed by atoms with E-state index in [4.69, 9.17) is 8.94 Å². The molecular weight excluding hydrogens is 274 g/mol. The van der Waals surface area contributed by atoms with Gasteiger partial charge in [-0.2, -0.15) is 16.7 Å². The molecule has 1 saturated heterocycles. The van der Waals surface area contributed by atoms with E-state index < -0.39 is 0 Å². The Hall–Kier alpha value is -1.27. The average molecular weight is 293 g/mol. The number of nitrogens with zero attached hydrogens (tertiary/aromatic N) is 2. The van der Waals surface area contributed by atoms with Gasteiger partial charge < -0.3 is 14.3 Å². The molecule has 5 nitrogen and oxygen atoms in total. The van der Waals surface area contributed by atoms with E-state index >= 15 is 0 Å². The Morgan fingerprint density at radius 3 is 3.10 bits per heavy atom. The summed E-state index contributed by atoms with van der Waals surface area (Å²) >= 11 is 1.93. The quantitative estimate of drug-likeness (QED) is 0.914. The molecule has 1 fully saturated rings. The molecule has 1 aliphatic heterocycles. The summed E-state index contributed by atoms with van der Waals surface area (Å²) in [6, 6.07) is 2.33. The van der Waals surface area contributed by atoms with Gasteiger partial charge in [-0.05, 0) is 31.5 Å². The lowest BCUT2D eigenvalue weighted by atomic mass is 10.0. The standard InChI is InChI=1S/C14H19N3O2S/c1-3-5-15-11-8-20-7-10(11)14-16-13(17-19-14)12-9(2)4-6-18-12/h4,6,10-11,15H,3,5,7-8H2,1-2H3. The van der Waals surface area contributed by atoms with Crippen molar-refractivity contribution in [3.05, 3.63) is 23.8 Å². The van der Waals surface area contributed by atoms with Crippen molar-refractivity contribution >= 4 is 11.8 Å². The summed E-state index contributed by atoms with van der Waals surface area (Å²) in [6.45, 7) is 5.18. The van der Waals surface area contributed by atoms with Crippen LogP contribution in [0, 0.1) is 6.92 Å². The lowest BCUT2D eigenvalue weighted by Crippen LogP contribution is -2.34. The van der Waals surface area contributed by atoms with Crippen molar-refractivity contribution in [3.63, 3.8) is 0 Å². The van der Waals surface area contributed by atoms with Crippen molar-refractivity contribution in [1.82, 2.24) is 15.5 Å². The molecule has 3 rings (SSSR count). The molecule has 1 N–H and O–H groups in total. The maximum absolute atomic E-state index is 5.46. The Morgan fingerprint density at radius 1 is 1.45 bits per heavy atom. The molecule has 2 atom stereocenters. The van der Waals surface area contributed by atoms with E-state index in [9.17, 15) is 0 Å². The van der Waals surface area contributed by atoms with Gasteiger partial charge in [0.05, 0.1) is 12.2 Å². The second kappa shape index (κ2) is 6.01. The Morgan fingerprint density at radius 2 is 2.35 bits per heavy atom. The van der Waals surface area contributed by atoms with Crippen LogP contribution in [0.3, 0.4) is 0 Å². The molecule has 0 radical (unpaired) electrons. The molecule has 3 heterocycles. The molecule has 1 aliphatic rings. The number of rotatable bonds is 5. The first kappa shape index (κ1) is 13.7. The monoisotopic (exact) mass is 293 g/mol. The zero-order valence-corrected chi connectivity index (χ0v) is 12.6. The molecule has 108 valence electrons. The predicted octanol–water partition coefficient (Wildman–Crippen LogP) is 2.84. The zero-order valence-electron chi connectivity index (χ0n) is 11.8. The highest BCUT2D eigenvalue weighted by atomic mass is 32.2. The Bertz CT molecular complexity index is 566. The molecular formula is C14H19N3O2S. The van der Waals surface area contributed by atoms with Gasteiger partial charge in [-0.3, -0.25) is 0 Å². The summed E-state index contributed by atoms with van der Waals surface area (Å²) in [5.41, 5.74) is 1.03. The first-order chi connectivity index (χ1) is 9.79. The van der Waals surface area contributed by atoms with Crippen LogP contribution in [0.4, 0.5) is 0 Å². The van der Waals surface area contributed by atoms with E-state index in [1.807, 2.05) is 24.8 Å². The Balaban J connectivity index is 1.78. The van der Waals surface area contributed by atoms with E-state index in [1.165, 1.54) is 0 Å². The molecule has 0 aliphatic carbocycles. The maximum atomic E-state index is 5.46. The molecule has 0 bridgehead atoms. The summed E-state index contributed by atoms with van der Waals surface area (Å²) < 4.78 is 10.9. The molecule has 0 saturated carbocycles. The molecule has 6 heteroatoms. The van der Waals surface area contributed by atoms with E-state index in [0.29, 0.717) is 23.5 Å². The first-order valence-electron chi connectivity index (χ1n) is 6.98. The topological polar surface area (TPSA) is 64.1 Å². The minimum absolute atomic E-state index is 0.295. The van der Waals surface area contributed by atoms with Gasteiger partial charge in [0, 0.05) is 17.5 Å². The SMILES string of the molecule is CCCNC1CSCC1c1nc(-c2occc2C)no1. The van der Waals surface area contributed by atoms with Crippen LogP contribution in [0.25, 0.3) is 11.6 Å². The van der Waals surface area contributed by atoms with Gasteiger partial charge in [-0.1, -0.05) is 12.1 Å². The number of nitrogens with one attached hydrogen (secondary N) is 1. The van der Waals surface area contributed by atoms with Gasteiger partial charge in [0.15, 0.2) is 5.76 Å². The molecule has 0 aromatic carbocycles. The van der Waals surface area contributed by atoms with E-state index in [-0.39, 0.29) is 0 Å². The molecule has 20 heavy (non-hydrogen) atoms. The van der Waals surface area contributed by atoms with E-state index in [0.717, 1.165) is 35.9 Å². The largest absolute Gasteiger partial charge is 0.461 e. The number of thioether (sulfide) groups is 1. The van der Waals surface area contributed by atoms with Gasteiger partial charge in [0.1, 0.15) is 0 Å². The van der Waals surface area contributed by atoms with Gasteiger partial charge in [-0.25, -0.2) is 0 Å². The lowest BCUT2D eigenvalue weighted by Gasteiger charge is -2.16. The predicted molar refractivity (Wildman–Crippen MR) is 78.9 cm³/mol. The third-order valence-electron chi connectivity index (χ3n) is 3.56. The summed E-state index contributed by atoms with van der Waals surface area (Å²) in [4.78, 5) is 4.53. The van der Waals surface area contributed by atoms with Gasteiger partial charge in [0.25, 0.3) is 0 Å². The lowest BCUT2D eigenvalue weighted by molar-refractivity contribution is 0.339. The van der Waals surface area contributed by atoms with Crippen molar-refractivity contribution in [2.24, 2.45) is 0 Å². The molecule has 0 spiro atoms. The van der Waals surface area contributed by atoms with Crippen LogP contribution in [-0.4, -0.2) is 34.2 Å². The molecule has 2 aromatic heterocycles. The maximum Gasteiger partial charge on any atom is 0.238 e. The van der Waals surface area contributed by atoms with Crippen molar-refractivity contribution in [2.75, 3.05) is 18.1 Å². The van der Waals surface area contributed by atoms with Gasteiger partial charge >= 0.3 is 0 Å². The van der Waals surface area contributed by atoms with Crippen LogP contribution >= 0.6 is 11.8 Å². The third-order valence-corrected chi connectivity index (χ3v) is 4.75.